The lowest BCUT2D eigenvalue weighted by atomic mass is 9.86. The zero-order chi connectivity index (χ0) is 20.6. The van der Waals surface area contributed by atoms with E-state index >= 15 is 0 Å². The minimum atomic E-state index is -3.39. The first-order chi connectivity index (χ1) is 13.9. The lowest BCUT2D eigenvalue weighted by Crippen LogP contribution is -2.22. The van der Waals surface area contributed by atoms with Gasteiger partial charge >= 0.3 is 0 Å². The van der Waals surface area contributed by atoms with Crippen molar-refractivity contribution in [3.05, 3.63) is 24.7 Å². The number of nitrogens with zero attached hydrogens (tertiary/aromatic N) is 3. The SMILES string of the molecule is COc1cc2ncc3ncn([C@H]4CC[C@H](COS(C)(=O)=O)CC4)c3c2cc1OC. The van der Waals surface area contributed by atoms with E-state index < -0.39 is 10.1 Å². The van der Waals surface area contributed by atoms with E-state index in [4.69, 9.17) is 13.7 Å². The number of aromatic nitrogens is 3. The summed E-state index contributed by atoms with van der Waals surface area (Å²) >= 11 is 0. The molecule has 0 amide bonds. The molecule has 29 heavy (non-hydrogen) atoms. The number of hydrogen-bond acceptors (Lipinski definition) is 7. The molecule has 9 heteroatoms. The van der Waals surface area contributed by atoms with Crippen LogP contribution in [0.2, 0.25) is 0 Å². The third kappa shape index (κ3) is 4.02. The molecule has 0 spiro atoms. The van der Waals surface area contributed by atoms with E-state index in [1.807, 2.05) is 18.5 Å². The average molecular weight is 420 g/mol. The summed E-state index contributed by atoms with van der Waals surface area (Å²) in [6.45, 7) is 0.264. The quantitative estimate of drug-likeness (QED) is 0.566. The molecule has 8 nitrogen and oxygen atoms in total. The Hall–Kier alpha value is -2.39. The van der Waals surface area contributed by atoms with Crippen LogP contribution in [0.4, 0.5) is 0 Å². The van der Waals surface area contributed by atoms with Gasteiger partial charge in [0, 0.05) is 17.5 Å². The van der Waals surface area contributed by atoms with Gasteiger partial charge in [-0.25, -0.2) is 4.98 Å². The monoisotopic (exact) mass is 419 g/mol. The maximum Gasteiger partial charge on any atom is 0.264 e. The first-order valence-electron chi connectivity index (χ1n) is 9.61. The van der Waals surface area contributed by atoms with Gasteiger partial charge < -0.3 is 14.0 Å². The summed E-state index contributed by atoms with van der Waals surface area (Å²) in [4.78, 5) is 9.08. The maximum absolute atomic E-state index is 11.2. The van der Waals surface area contributed by atoms with Crippen molar-refractivity contribution < 1.29 is 22.1 Å². The second kappa shape index (κ2) is 7.79. The van der Waals surface area contributed by atoms with Crippen molar-refractivity contribution >= 4 is 32.1 Å². The molecule has 3 aromatic rings. The normalized spacial score (nSPS) is 20.2. The molecule has 0 aliphatic heterocycles. The molecule has 1 aromatic carbocycles. The zero-order valence-corrected chi connectivity index (χ0v) is 17.6. The van der Waals surface area contributed by atoms with Crippen LogP contribution in [-0.4, -0.2) is 50.0 Å². The highest BCUT2D eigenvalue weighted by molar-refractivity contribution is 7.85. The van der Waals surface area contributed by atoms with E-state index in [0.29, 0.717) is 17.5 Å². The molecule has 0 N–H and O–H groups in total. The number of imidazole rings is 1. The van der Waals surface area contributed by atoms with Gasteiger partial charge in [0.05, 0.1) is 50.6 Å². The Bertz CT molecular complexity index is 1130. The number of methoxy groups -OCH3 is 2. The van der Waals surface area contributed by atoms with Gasteiger partial charge in [0.25, 0.3) is 10.1 Å². The van der Waals surface area contributed by atoms with Crippen molar-refractivity contribution in [2.45, 2.75) is 31.7 Å². The number of ether oxygens (including phenoxy) is 2. The molecular weight excluding hydrogens is 394 g/mol. The van der Waals surface area contributed by atoms with Crippen LogP contribution in [0.3, 0.4) is 0 Å². The van der Waals surface area contributed by atoms with Gasteiger partial charge in [-0.15, -0.1) is 0 Å². The van der Waals surface area contributed by atoms with Crippen molar-refractivity contribution in [2.75, 3.05) is 27.1 Å². The van der Waals surface area contributed by atoms with E-state index in [9.17, 15) is 8.42 Å². The predicted molar refractivity (Wildman–Crippen MR) is 110 cm³/mol. The highest BCUT2D eigenvalue weighted by Gasteiger charge is 2.25. The Morgan fingerprint density at radius 2 is 1.72 bits per heavy atom. The highest BCUT2D eigenvalue weighted by Crippen LogP contribution is 2.38. The molecule has 1 aliphatic rings. The molecule has 0 unspecified atom stereocenters. The van der Waals surface area contributed by atoms with E-state index in [1.54, 1.807) is 20.4 Å². The van der Waals surface area contributed by atoms with Gasteiger partial charge in [-0.2, -0.15) is 8.42 Å². The minimum Gasteiger partial charge on any atom is -0.493 e. The van der Waals surface area contributed by atoms with Gasteiger partial charge in [-0.05, 0) is 37.7 Å². The van der Waals surface area contributed by atoms with Crippen LogP contribution in [0.15, 0.2) is 24.7 Å². The Morgan fingerprint density at radius 1 is 1.03 bits per heavy atom. The number of fused-ring (bicyclic) bond motifs is 3. The fraction of sp³-hybridized carbons (Fsp3) is 0.500. The van der Waals surface area contributed by atoms with Crippen LogP contribution >= 0.6 is 0 Å². The van der Waals surface area contributed by atoms with E-state index in [1.165, 1.54) is 0 Å². The molecule has 1 aliphatic carbocycles. The summed E-state index contributed by atoms with van der Waals surface area (Å²) in [6, 6.07) is 4.13. The van der Waals surface area contributed by atoms with Crippen LogP contribution in [0.25, 0.3) is 21.9 Å². The maximum atomic E-state index is 11.2. The second-order valence-corrected chi connectivity index (χ2v) is 9.18. The number of benzene rings is 1. The minimum absolute atomic E-state index is 0.263. The lowest BCUT2D eigenvalue weighted by Gasteiger charge is -2.29. The van der Waals surface area contributed by atoms with E-state index in [-0.39, 0.29) is 12.5 Å². The molecule has 156 valence electrons. The summed E-state index contributed by atoms with van der Waals surface area (Å²) in [5.74, 6) is 1.56. The van der Waals surface area contributed by atoms with Gasteiger partial charge in [0.1, 0.15) is 5.52 Å². The van der Waals surface area contributed by atoms with Crippen molar-refractivity contribution in [1.82, 2.24) is 14.5 Å². The number of hydrogen-bond donors (Lipinski definition) is 0. The molecule has 0 radical (unpaired) electrons. The summed E-state index contributed by atoms with van der Waals surface area (Å²) in [6.07, 6.45) is 8.48. The smallest absolute Gasteiger partial charge is 0.264 e. The summed E-state index contributed by atoms with van der Waals surface area (Å²) < 4.78 is 40.6. The van der Waals surface area contributed by atoms with Gasteiger partial charge in [-0.1, -0.05) is 0 Å². The Balaban J connectivity index is 1.64. The number of rotatable bonds is 6. The Labute approximate surface area is 169 Å². The fourth-order valence-electron chi connectivity index (χ4n) is 4.13. The third-order valence-corrected chi connectivity index (χ3v) is 6.20. The Morgan fingerprint density at radius 3 is 2.38 bits per heavy atom. The van der Waals surface area contributed by atoms with Crippen molar-refractivity contribution in [3.8, 4) is 11.5 Å². The molecule has 1 fully saturated rings. The van der Waals surface area contributed by atoms with E-state index in [0.717, 1.165) is 53.9 Å². The van der Waals surface area contributed by atoms with Crippen LogP contribution in [0.5, 0.6) is 11.5 Å². The molecule has 0 atom stereocenters. The van der Waals surface area contributed by atoms with Crippen LogP contribution in [0, 0.1) is 5.92 Å². The zero-order valence-electron chi connectivity index (χ0n) is 16.8. The standard InChI is InChI=1S/C20H25N3O5S/c1-26-18-8-15-16(9-19(18)27-2)21-10-17-20(15)23(12-22-17)14-6-4-13(5-7-14)11-28-29(3,24)25/h8-10,12-14H,4-7,11H2,1-3H3/t13-,14-. The molecule has 4 rings (SSSR count). The topological polar surface area (TPSA) is 92.5 Å². The molecule has 0 saturated heterocycles. The molecule has 2 heterocycles. The van der Waals surface area contributed by atoms with Gasteiger partial charge in [0.15, 0.2) is 11.5 Å². The van der Waals surface area contributed by atoms with Gasteiger partial charge in [0.2, 0.25) is 0 Å². The average Bonchev–Trinajstić information content (AvgIpc) is 3.15. The van der Waals surface area contributed by atoms with Gasteiger partial charge in [-0.3, -0.25) is 9.17 Å². The largest absolute Gasteiger partial charge is 0.493 e. The summed E-state index contributed by atoms with van der Waals surface area (Å²) in [5.41, 5.74) is 2.70. The van der Waals surface area contributed by atoms with Crippen molar-refractivity contribution in [1.29, 1.82) is 0 Å². The van der Waals surface area contributed by atoms with Crippen LogP contribution in [0.1, 0.15) is 31.7 Å². The first kappa shape index (κ1) is 19.9. The molecule has 1 saturated carbocycles. The van der Waals surface area contributed by atoms with Crippen molar-refractivity contribution in [3.63, 3.8) is 0 Å². The third-order valence-electron chi connectivity index (χ3n) is 5.63. The second-order valence-electron chi connectivity index (χ2n) is 7.53. The number of pyridine rings is 1. The Kier molecular flexibility index (Phi) is 5.35. The summed E-state index contributed by atoms with van der Waals surface area (Å²) in [7, 11) is -0.161. The summed E-state index contributed by atoms with van der Waals surface area (Å²) in [5, 5.41) is 0.972. The molecular formula is C20H25N3O5S. The molecule has 2 aromatic heterocycles. The fourth-order valence-corrected chi connectivity index (χ4v) is 4.57. The first-order valence-corrected chi connectivity index (χ1v) is 11.4. The lowest BCUT2D eigenvalue weighted by molar-refractivity contribution is 0.191. The van der Waals surface area contributed by atoms with E-state index in [2.05, 4.69) is 14.5 Å². The molecule has 0 bridgehead atoms. The van der Waals surface area contributed by atoms with Crippen LogP contribution < -0.4 is 9.47 Å². The van der Waals surface area contributed by atoms with Crippen LogP contribution in [-0.2, 0) is 14.3 Å². The van der Waals surface area contributed by atoms with Crippen molar-refractivity contribution in [2.24, 2.45) is 5.92 Å². The highest BCUT2D eigenvalue weighted by atomic mass is 32.2. The predicted octanol–water partition coefficient (Wildman–Crippen LogP) is 3.31.